The zero-order chi connectivity index (χ0) is 19.5. The summed E-state index contributed by atoms with van der Waals surface area (Å²) in [5, 5.41) is 0.204. The van der Waals surface area contributed by atoms with Crippen LogP contribution >= 0.6 is 11.6 Å². The quantitative estimate of drug-likeness (QED) is 0.739. The maximum atomic E-state index is 12.7. The van der Waals surface area contributed by atoms with Crippen molar-refractivity contribution in [2.45, 2.75) is 19.4 Å². The molecule has 26 heavy (non-hydrogen) atoms. The second-order valence-corrected chi connectivity index (χ2v) is 6.92. The molecule has 0 bridgehead atoms. The van der Waals surface area contributed by atoms with E-state index in [4.69, 9.17) is 16.3 Å². The Kier molecular flexibility index (Phi) is 6.26. The van der Waals surface area contributed by atoms with Crippen LogP contribution in [0.1, 0.15) is 34.6 Å². The highest BCUT2D eigenvalue weighted by atomic mass is 35.5. The number of amides is 1. The maximum absolute atomic E-state index is 12.7. The lowest BCUT2D eigenvalue weighted by Crippen LogP contribution is -2.59. The molecule has 0 saturated carbocycles. The lowest BCUT2D eigenvalue weighted by Gasteiger charge is -2.42. The average Bonchev–Trinajstić information content (AvgIpc) is 2.66. The molecule has 0 aromatic heterocycles. The fourth-order valence-electron chi connectivity index (χ4n) is 2.95. The minimum atomic E-state index is -0.746. The van der Waals surface area contributed by atoms with Crippen molar-refractivity contribution < 1.29 is 23.9 Å². The molecule has 1 saturated heterocycles. The van der Waals surface area contributed by atoms with Crippen LogP contribution in [0.25, 0.3) is 0 Å². The number of ether oxygens (including phenoxy) is 2. The van der Waals surface area contributed by atoms with Crippen molar-refractivity contribution in [2.75, 3.05) is 40.4 Å². The molecule has 142 valence electrons. The Labute approximate surface area is 157 Å². The Morgan fingerprint density at radius 2 is 1.65 bits per heavy atom. The summed E-state index contributed by atoms with van der Waals surface area (Å²) in [7, 11) is 2.65. The molecule has 1 heterocycles. The predicted molar refractivity (Wildman–Crippen MR) is 96.4 cm³/mol. The van der Waals surface area contributed by atoms with Crippen LogP contribution in [0.3, 0.4) is 0 Å². The van der Waals surface area contributed by atoms with Crippen LogP contribution in [0.15, 0.2) is 18.2 Å². The number of piperazine rings is 1. The van der Waals surface area contributed by atoms with Gasteiger partial charge in [-0.25, -0.2) is 4.79 Å². The third kappa shape index (κ3) is 3.99. The molecule has 0 N–H and O–H groups in total. The minimum Gasteiger partial charge on any atom is -0.468 e. The van der Waals surface area contributed by atoms with Crippen molar-refractivity contribution in [1.82, 2.24) is 9.80 Å². The lowest BCUT2D eigenvalue weighted by molar-refractivity contribution is -0.154. The molecule has 0 aliphatic carbocycles. The maximum Gasteiger partial charge on any atom is 0.337 e. The van der Waals surface area contributed by atoms with Crippen molar-refractivity contribution >= 4 is 29.4 Å². The summed E-state index contributed by atoms with van der Waals surface area (Å²) in [4.78, 5) is 39.9. The Hall–Kier alpha value is -2.12. The van der Waals surface area contributed by atoms with Crippen molar-refractivity contribution in [3.63, 3.8) is 0 Å². The van der Waals surface area contributed by atoms with Crippen LogP contribution in [0.2, 0.25) is 5.02 Å². The van der Waals surface area contributed by atoms with Gasteiger partial charge in [-0.15, -0.1) is 0 Å². The van der Waals surface area contributed by atoms with Crippen LogP contribution in [0.4, 0.5) is 0 Å². The monoisotopic (exact) mass is 382 g/mol. The molecule has 1 amide bonds. The Morgan fingerprint density at radius 3 is 2.15 bits per heavy atom. The first kappa shape index (κ1) is 20.2. The van der Waals surface area contributed by atoms with Gasteiger partial charge in [0, 0.05) is 26.2 Å². The van der Waals surface area contributed by atoms with Gasteiger partial charge in [0.05, 0.1) is 30.4 Å². The van der Waals surface area contributed by atoms with Gasteiger partial charge in [-0.1, -0.05) is 11.6 Å². The van der Waals surface area contributed by atoms with E-state index in [0.717, 1.165) is 0 Å². The predicted octanol–water partition coefficient (Wildman–Crippen LogP) is 1.84. The van der Waals surface area contributed by atoms with E-state index in [9.17, 15) is 14.4 Å². The summed E-state index contributed by atoms with van der Waals surface area (Å²) >= 11 is 6.18. The molecule has 0 radical (unpaired) electrons. The number of rotatable bonds is 4. The number of carbonyl (C=O) groups is 3. The van der Waals surface area contributed by atoms with Gasteiger partial charge in [-0.3, -0.25) is 14.5 Å². The van der Waals surface area contributed by atoms with Crippen LogP contribution < -0.4 is 0 Å². The normalized spacial score (nSPS) is 15.5. The highest BCUT2D eigenvalue weighted by molar-refractivity contribution is 6.34. The highest BCUT2D eigenvalue weighted by Crippen LogP contribution is 2.23. The molecule has 0 spiro atoms. The molecule has 8 heteroatoms. The van der Waals surface area contributed by atoms with Crippen LogP contribution in [-0.4, -0.2) is 73.6 Å². The van der Waals surface area contributed by atoms with Crippen LogP contribution in [-0.2, 0) is 14.3 Å². The first-order chi connectivity index (χ1) is 12.2. The summed E-state index contributed by atoms with van der Waals surface area (Å²) in [5.41, 5.74) is -0.123. The fraction of sp³-hybridized carbons (Fsp3) is 0.500. The number of nitrogens with zero attached hydrogens (tertiary/aromatic N) is 2. The van der Waals surface area contributed by atoms with E-state index in [1.807, 2.05) is 4.90 Å². The molecule has 2 rings (SSSR count). The van der Waals surface area contributed by atoms with Crippen molar-refractivity contribution in [3.05, 3.63) is 34.3 Å². The van der Waals surface area contributed by atoms with Gasteiger partial charge in [0.2, 0.25) is 0 Å². The zero-order valence-electron chi connectivity index (χ0n) is 15.4. The Balaban J connectivity index is 2.07. The van der Waals surface area contributed by atoms with E-state index in [0.29, 0.717) is 37.3 Å². The van der Waals surface area contributed by atoms with E-state index in [1.165, 1.54) is 32.4 Å². The summed E-state index contributed by atoms with van der Waals surface area (Å²) in [6.45, 7) is 5.64. The van der Waals surface area contributed by atoms with Gasteiger partial charge >= 0.3 is 11.9 Å². The summed E-state index contributed by atoms with van der Waals surface area (Å²) < 4.78 is 9.49. The zero-order valence-corrected chi connectivity index (χ0v) is 16.1. The molecule has 0 unspecified atom stereocenters. The van der Waals surface area contributed by atoms with Crippen LogP contribution in [0.5, 0.6) is 0 Å². The first-order valence-corrected chi connectivity index (χ1v) is 8.60. The molecule has 1 fully saturated rings. The van der Waals surface area contributed by atoms with E-state index < -0.39 is 11.5 Å². The third-order valence-corrected chi connectivity index (χ3v) is 4.98. The molecular weight excluding hydrogens is 360 g/mol. The van der Waals surface area contributed by atoms with E-state index in [-0.39, 0.29) is 16.9 Å². The first-order valence-electron chi connectivity index (χ1n) is 8.23. The second kappa shape index (κ2) is 8.05. The Bertz CT molecular complexity index is 712. The average molecular weight is 383 g/mol. The summed E-state index contributed by atoms with van der Waals surface area (Å²) in [6, 6.07) is 4.47. The molecule has 1 aliphatic rings. The third-order valence-electron chi connectivity index (χ3n) is 4.66. The molecule has 1 aromatic carbocycles. The number of benzene rings is 1. The topological polar surface area (TPSA) is 76.2 Å². The van der Waals surface area contributed by atoms with E-state index >= 15 is 0 Å². The number of halogens is 1. The fourth-order valence-corrected chi connectivity index (χ4v) is 3.21. The Morgan fingerprint density at radius 1 is 1.04 bits per heavy atom. The largest absolute Gasteiger partial charge is 0.468 e. The molecule has 1 aliphatic heterocycles. The molecule has 7 nitrogen and oxygen atoms in total. The summed E-state index contributed by atoms with van der Waals surface area (Å²) in [6.07, 6.45) is 0. The second-order valence-electron chi connectivity index (χ2n) is 6.52. The number of carbonyl (C=O) groups excluding carboxylic acids is 3. The highest BCUT2D eigenvalue weighted by Gasteiger charge is 2.38. The van der Waals surface area contributed by atoms with Crippen molar-refractivity contribution in [1.29, 1.82) is 0 Å². The van der Waals surface area contributed by atoms with E-state index in [2.05, 4.69) is 4.74 Å². The number of hydrogen-bond donors (Lipinski definition) is 0. The van der Waals surface area contributed by atoms with Gasteiger partial charge in [0.1, 0.15) is 5.54 Å². The van der Waals surface area contributed by atoms with Crippen molar-refractivity contribution in [2.24, 2.45) is 0 Å². The molecular formula is C18H23ClN2O5. The van der Waals surface area contributed by atoms with Crippen molar-refractivity contribution in [3.8, 4) is 0 Å². The van der Waals surface area contributed by atoms with E-state index in [1.54, 1.807) is 18.7 Å². The molecule has 0 atom stereocenters. The minimum absolute atomic E-state index is 0.204. The van der Waals surface area contributed by atoms with Gasteiger partial charge < -0.3 is 14.4 Å². The van der Waals surface area contributed by atoms with Gasteiger partial charge in [0.25, 0.3) is 5.91 Å². The smallest absolute Gasteiger partial charge is 0.337 e. The number of hydrogen-bond acceptors (Lipinski definition) is 6. The summed E-state index contributed by atoms with van der Waals surface area (Å²) in [5.74, 6) is -1.02. The lowest BCUT2D eigenvalue weighted by atomic mass is 10.0. The van der Waals surface area contributed by atoms with Crippen LogP contribution in [0, 0.1) is 0 Å². The SMILES string of the molecule is COC(=O)c1ccc(C(=O)N2CCN(C(C)(C)C(=O)OC)CC2)c(Cl)c1. The van der Waals surface area contributed by atoms with Gasteiger partial charge in [0.15, 0.2) is 0 Å². The molecule has 1 aromatic rings. The number of methoxy groups -OCH3 is 2. The standard InChI is InChI=1S/C18H23ClN2O5/c1-18(2,17(24)26-4)21-9-7-20(8-10-21)15(22)13-6-5-12(11-14(13)19)16(23)25-3/h5-6,11H,7-10H2,1-4H3. The van der Waals surface area contributed by atoms with Gasteiger partial charge in [-0.05, 0) is 32.0 Å². The number of esters is 2. The van der Waals surface area contributed by atoms with Gasteiger partial charge in [-0.2, -0.15) is 0 Å².